The van der Waals surface area contributed by atoms with Gasteiger partial charge in [-0.3, -0.25) is 4.98 Å². The second-order valence-corrected chi connectivity index (χ2v) is 4.85. The van der Waals surface area contributed by atoms with Gasteiger partial charge in [-0.05, 0) is 23.6 Å². The van der Waals surface area contributed by atoms with Crippen LogP contribution in [0.4, 0.5) is 0 Å². The summed E-state index contributed by atoms with van der Waals surface area (Å²) in [5.74, 6) is 0. The summed E-state index contributed by atoms with van der Waals surface area (Å²) < 4.78 is 5.44. The van der Waals surface area contributed by atoms with Gasteiger partial charge in [0.15, 0.2) is 0 Å². The van der Waals surface area contributed by atoms with E-state index in [9.17, 15) is 5.11 Å². The Balaban J connectivity index is 2.07. The van der Waals surface area contributed by atoms with Gasteiger partial charge in [0.05, 0.1) is 6.10 Å². The average molecular weight is 271 g/mol. The maximum atomic E-state index is 10.4. The fraction of sp³-hybridized carbons (Fsp3) is 0.353. The van der Waals surface area contributed by atoms with E-state index in [1.807, 2.05) is 42.6 Å². The van der Waals surface area contributed by atoms with Gasteiger partial charge >= 0.3 is 0 Å². The molecule has 0 amide bonds. The van der Waals surface area contributed by atoms with Gasteiger partial charge in [0.2, 0.25) is 0 Å². The molecule has 1 aromatic heterocycles. The highest BCUT2D eigenvalue weighted by molar-refractivity contribution is 5.20. The number of ether oxygens (including phenoxy) is 1. The molecule has 2 atom stereocenters. The number of rotatable bonds is 6. The van der Waals surface area contributed by atoms with E-state index in [1.54, 1.807) is 7.11 Å². The molecule has 0 bridgehead atoms. The van der Waals surface area contributed by atoms with Crippen molar-refractivity contribution >= 4 is 0 Å². The van der Waals surface area contributed by atoms with Crippen LogP contribution in [0.5, 0.6) is 0 Å². The molecule has 2 unspecified atom stereocenters. The highest BCUT2D eigenvalue weighted by Gasteiger charge is 2.21. The number of benzene rings is 1. The van der Waals surface area contributed by atoms with Crippen LogP contribution in [0.1, 0.15) is 29.8 Å². The molecule has 1 heterocycles. The van der Waals surface area contributed by atoms with Crippen molar-refractivity contribution in [3.05, 3.63) is 65.5 Å². The Labute approximate surface area is 120 Å². The second kappa shape index (κ2) is 7.17. The number of aliphatic hydroxyl groups is 1. The first-order chi connectivity index (χ1) is 9.74. The zero-order valence-electron chi connectivity index (χ0n) is 12.0. The summed E-state index contributed by atoms with van der Waals surface area (Å²) in [7, 11) is 1.62. The molecule has 2 aromatic rings. The summed E-state index contributed by atoms with van der Waals surface area (Å²) in [6.07, 6.45) is 2.39. The van der Waals surface area contributed by atoms with Crippen LogP contribution < -0.4 is 0 Å². The highest BCUT2D eigenvalue weighted by Crippen LogP contribution is 2.22. The zero-order chi connectivity index (χ0) is 14.4. The Morgan fingerprint density at radius 1 is 1.15 bits per heavy atom. The molecule has 1 aromatic carbocycles. The van der Waals surface area contributed by atoms with Crippen LogP contribution in [0.3, 0.4) is 0 Å². The molecule has 2 rings (SSSR count). The van der Waals surface area contributed by atoms with E-state index in [1.165, 1.54) is 5.56 Å². The molecule has 0 saturated heterocycles. The van der Waals surface area contributed by atoms with E-state index in [2.05, 4.69) is 18.0 Å². The minimum atomic E-state index is -0.609. The van der Waals surface area contributed by atoms with E-state index in [4.69, 9.17) is 4.74 Å². The number of methoxy groups -OCH3 is 1. The topological polar surface area (TPSA) is 42.4 Å². The lowest BCUT2D eigenvalue weighted by atomic mass is 10.0. The molecular formula is C17H21NO2. The predicted octanol–water partition coefficient (Wildman–Crippen LogP) is 2.94. The number of aromatic nitrogens is 1. The number of nitrogens with zero attached hydrogens (tertiary/aromatic N) is 1. The van der Waals surface area contributed by atoms with Crippen molar-refractivity contribution in [1.29, 1.82) is 0 Å². The smallest absolute Gasteiger partial charge is 0.108 e. The van der Waals surface area contributed by atoms with Crippen LogP contribution in [0.15, 0.2) is 48.7 Å². The third-order valence-corrected chi connectivity index (χ3v) is 3.44. The first-order valence-electron chi connectivity index (χ1n) is 6.94. The molecule has 20 heavy (non-hydrogen) atoms. The molecule has 1 N–H and O–H groups in total. The Morgan fingerprint density at radius 3 is 2.45 bits per heavy atom. The first-order valence-corrected chi connectivity index (χ1v) is 6.94. The lowest BCUT2D eigenvalue weighted by Gasteiger charge is -2.21. The van der Waals surface area contributed by atoms with Crippen LogP contribution in [-0.4, -0.2) is 23.3 Å². The average Bonchev–Trinajstić information content (AvgIpc) is 2.50. The van der Waals surface area contributed by atoms with Crippen molar-refractivity contribution in [1.82, 2.24) is 4.98 Å². The van der Waals surface area contributed by atoms with E-state index in [-0.39, 0.29) is 6.10 Å². The van der Waals surface area contributed by atoms with E-state index < -0.39 is 6.10 Å². The fourth-order valence-corrected chi connectivity index (χ4v) is 2.26. The van der Waals surface area contributed by atoms with Crippen LogP contribution in [0.25, 0.3) is 0 Å². The number of aryl methyl sites for hydroxylation is 1. The van der Waals surface area contributed by atoms with Crippen LogP contribution in [0.2, 0.25) is 0 Å². The predicted molar refractivity (Wildman–Crippen MR) is 79.5 cm³/mol. The summed E-state index contributed by atoms with van der Waals surface area (Å²) >= 11 is 0. The van der Waals surface area contributed by atoms with Gasteiger partial charge in [0.25, 0.3) is 0 Å². The molecule has 0 fully saturated rings. The molecule has 0 aliphatic rings. The molecule has 106 valence electrons. The van der Waals surface area contributed by atoms with E-state index >= 15 is 0 Å². The number of hydrogen-bond donors (Lipinski definition) is 1. The minimum absolute atomic E-state index is 0.330. The summed E-state index contributed by atoms with van der Waals surface area (Å²) in [5, 5.41) is 10.4. The van der Waals surface area contributed by atoms with Gasteiger partial charge in [0.1, 0.15) is 6.10 Å². The molecule has 0 radical (unpaired) electrons. The fourth-order valence-electron chi connectivity index (χ4n) is 2.26. The largest absolute Gasteiger partial charge is 0.390 e. The van der Waals surface area contributed by atoms with Gasteiger partial charge in [0, 0.05) is 25.4 Å². The molecular weight excluding hydrogens is 250 g/mol. The van der Waals surface area contributed by atoms with E-state index in [0.29, 0.717) is 6.42 Å². The Kier molecular flexibility index (Phi) is 5.27. The SMILES string of the molecule is CCc1ccc(CC(O)C(OC)c2ccccc2)nc1. The van der Waals surface area contributed by atoms with E-state index in [0.717, 1.165) is 17.7 Å². The van der Waals surface area contributed by atoms with Gasteiger partial charge in [-0.25, -0.2) is 0 Å². The highest BCUT2D eigenvalue weighted by atomic mass is 16.5. The minimum Gasteiger partial charge on any atom is -0.390 e. The van der Waals surface area contributed by atoms with Gasteiger partial charge in [-0.2, -0.15) is 0 Å². The quantitative estimate of drug-likeness (QED) is 0.878. The van der Waals surface area contributed by atoms with Gasteiger partial charge in [-0.15, -0.1) is 0 Å². The molecule has 3 nitrogen and oxygen atoms in total. The maximum absolute atomic E-state index is 10.4. The number of hydrogen-bond acceptors (Lipinski definition) is 3. The Hall–Kier alpha value is -1.71. The van der Waals surface area contributed by atoms with Crippen molar-refractivity contribution in [3.8, 4) is 0 Å². The summed E-state index contributed by atoms with van der Waals surface area (Å²) in [4.78, 5) is 4.38. The lowest BCUT2D eigenvalue weighted by Crippen LogP contribution is -2.23. The summed E-state index contributed by atoms with van der Waals surface area (Å²) in [5.41, 5.74) is 3.06. The molecule has 3 heteroatoms. The normalized spacial score (nSPS) is 13.9. The van der Waals surface area contributed by atoms with Crippen molar-refractivity contribution in [2.45, 2.75) is 32.0 Å². The number of pyridine rings is 1. The van der Waals surface area contributed by atoms with Crippen LogP contribution >= 0.6 is 0 Å². The standard InChI is InChI=1S/C17H21NO2/c1-3-13-9-10-15(18-12-13)11-16(19)17(20-2)14-7-5-4-6-8-14/h4-10,12,16-17,19H,3,11H2,1-2H3. The molecule has 0 saturated carbocycles. The summed E-state index contributed by atoms with van der Waals surface area (Å²) in [6, 6.07) is 13.8. The Bertz CT molecular complexity index is 510. The second-order valence-electron chi connectivity index (χ2n) is 4.85. The van der Waals surface area contributed by atoms with Crippen LogP contribution in [-0.2, 0) is 17.6 Å². The molecule has 0 spiro atoms. The van der Waals surface area contributed by atoms with Crippen molar-refractivity contribution in [2.24, 2.45) is 0 Å². The Morgan fingerprint density at radius 2 is 1.90 bits per heavy atom. The monoisotopic (exact) mass is 271 g/mol. The zero-order valence-corrected chi connectivity index (χ0v) is 12.0. The summed E-state index contributed by atoms with van der Waals surface area (Å²) in [6.45, 7) is 2.10. The first kappa shape index (κ1) is 14.7. The third kappa shape index (κ3) is 3.65. The number of aliphatic hydroxyl groups excluding tert-OH is 1. The van der Waals surface area contributed by atoms with Crippen LogP contribution in [0, 0.1) is 0 Å². The van der Waals surface area contributed by atoms with Crippen molar-refractivity contribution in [2.75, 3.05) is 7.11 Å². The third-order valence-electron chi connectivity index (χ3n) is 3.44. The van der Waals surface area contributed by atoms with Gasteiger partial charge in [-0.1, -0.05) is 43.3 Å². The van der Waals surface area contributed by atoms with Crippen molar-refractivity contribution in [3.63, 3.8) is 0 Å². The lowest BCUT2D eigenvalue weighted by molar-refractivity contribution is -0.0132. The van der Waals surface area contributed by atoms with Gasteiger partial charge < -0.3 is 9.84 Å². The maximum Gasteiger partial charge on any atom is 0.108 e. The molecule has 0 aliphatic heterocycles. The van der Waals surface area contributed by atoms with Crippen molar-refractivity contribution < 1.29 is 9.84 Å². The molecule has 0 aliphatic carbocycles.